The molecule has 1 unspecified atom stereocenters. The Labute approximate surface area is 117 Å². The average Bonchev–Trinajstić information content (AvgIpc) is 2.36. The van der Waals surface area contributed by atoms with Crippen LogP contribution < -0.4 is 0 Å². The van der Waals surface area contributed by atoms with Crippen LogP contribution in [0.2, 0.25) is 0 Å². The molecule has 19 heavy (non-hydrogen) atoms. The lowest BCUT2D eigenvalue weighted by Gasteiger charge is -2.39. The van der Waals surface area contributed by atoms with Gasteiger partial charge in [-0.25, -0.2) is 0 Å². The van der Waals surface area contributed by atoms with Gasteiger partial charge in [0.05, 0.1) is 0 Å². The number of aliphatic carboxylic acids is 1. The zero-order valence-electron chi connectivity index (χ0n) is 12.1. The molecule has 0 amide bonds. The van der Waals surface area contributed by atoms with E-state index in [4.69, 9.17) is 5.11 Å². The molecule has 1 heterocycles. The Hall–Kier alpha value is -0.570. The van der Waals surface area contributed by atoms with E-state index < -0.39 is 5.97 Å². The minimum absolute atomic E-state index is 0.350. The molecule has 3 heteroatoms. The minimum Gasteiger partial charge on any atom is -0.481 e. The summed E-state index contributed by atoms with van der Waals surface area (Å²) in [5.74, 6) is -0.0154. The standard InChI is InChI=1S/C16H29NO2/c18-16(19)11-10-14-7-6-12-17(13-14)15-8-4-2-1-3-5-9-15/h14-15H,1-13H2,(H,18,19). The molecular formula is C16H29NO2. The number of carboxylic acids is 1. The van der Waals surface area contributed by atoms with E-state index in [1.54, 1.807) is 0 Å². The Morgan fingerprint density at radius 2 is 1.68 bits per heavy atom. The number of piperidine rings is 1. The lowest BCUT2D eigenvalue weighted by Crippen LogP contribution is -2.43. The number of hydrogen-bond donors (Lipinski definition) is 1. The zero-order chi connectivity index (χ0) is 13.5. The molecule has 3 nitrogen and oxygen atoms in total. The average molecular weight is 267 g/mol. The smallest absolute Gasteiger partial charge is 0.303 e. The molecule has 2 rings (SSSR count). The molecule has 0 aromatic heterocycles. The van der Waals surface area contributed by atoms with Crippen LogP contribution in [0.3, 0.4) is 0 Å². The van der Waals surface area contributed by atoms with Gasteiger partial charge in [-0.1, -0.05) is 32.1 Å². The van der Waals surface area contributed by atoms with Gasteiger partial charge in [0, 0.05) is 19.0 Å². The van der Waals surface area contributed by atoms with Crippen molar-refractivity contribution in [1.29, 1.82) is 0 Å². The number of carbonyl (C=O) groups is 1. The monoisotopic (exact) mass is 267 g/mol. The van der Waals surface area contributed by atoms with E-state index in [1.807, 2.05) is 0 Å². The van der Waals surface area contributed by atoms with Crippen LogP contribution in [-0.4, -0.2) is 35.1 Å². The molecule has 2 aliphatic rings. The summed E-state index contributed by atoms with van der Waals surface area (Å²) in [4.78, 5) is 13.4. The second-order valence-electron chi connectivity index (χ2n) is 6.43. The molecule has 1 N–H and O–H groups in total. The summed E-state index contributed by atoms with van der Waals surface area (Å²) in [6, 6.07) is 0.785. The third-order valence-electron chi connectivity index (χ3n) is 4.91. The number of rotatable bonds is 4. The first-order chi connectivity index (χ1) is 9.25. The molecule has 0 radical (unpaired) electrons. The van der Waals surface area contributed by atoms with Crippen LogP contribution in [-0.2, 0) is 4.79 Å². The Balaban J connectivity index is 1.79. The fourth-order valence-electron chi connectivity index (χ4n) is 3.79. The minimum atomic E-state index is -0.636. The van der Waals surface area contributed by atoms with Crippen LogP contribution in [0.5, 0.6) is 0 Å². The maximum atomic E-state index is 10.7. The third-order valence-corrected chi connectivity index (χ3v) is 4.91. The SMILES string of the molecule is O=C(O)CCC1CCCN(C2CCCCCCC2)C1. The van der Waals surface area contributed by atoms with Crippen LogP contribution in [0.4, 0.5) is 0 Å². The summed E-state index contributed by atoms with van der Waals surface area (Å²) >= 11 is 0. The molecule has 1 saturated carbocycles. The van der Waals surface area contributed by atoms with Crippen molar-refractivity contribution in [3.8, 4) is 0 Å². The van der Waals surface area contributed by atoms with Crippen molar-refractivity contribution in [1.82, 2.24) is 4.90 Å². The van der Waals surface area contributed by atoms with Gasteiger partial charge in [0.2, 0.25) is 0 Å². The highest BCUT2D eigenvalue weighted by atomic mass is 16.4. The van der Waals surface area contributed by atoms with Gasteiger partial charge in [-0.15, -0.1) is 0 Å². The third kappa shape index (κ3) is 5.13. The first-order valence-corrected chi connectivity index (χ1v) is 8.21. The zero-order valence-corrected chi connectivity index (χ0v) is 12.1. The topological polar surface area (TPSA) is 40.5 Å². The predicted molar refractivity (Wildman–Crippen MR) is 77.3 cm³/mol. The molecular weight excluding hydrogens is 238 g/mol. The summed E-state index contributed by atoms with van der Waals surface area (Å²) in [7, 11) is 0. The van der Waals surface area contributed by atoms with Crippen LogP contribution >= 0.6 is 0 Å². The van der Waals surface area contributed by atoms with Crippen molar-refractivity contribution >= 4 is 5.97 Å². The largest absolute Gasteiger partial charge is 0.481 e. The van der Waals surface area contributed by atoms with Crippen LogP contribution in [0.15, 0.2) is 0 Å². The lowest BCUT2D eigenvalue weighted by molar-refractivity contribution is -0.137. The molecule has 0 aromatic rings. The normalized spacial score (nSPS) is 27.7. The van der Waals surface area contributed by atoms with Crippen molar-refractivity contribution in [2.75, 3.05) is 13.1 Å². The van der Waals surface area contributed by atoms with Gasteiger partial charge in [0.25, 0.3) is 0 Å². The highest BCUT2D eigenvalue weighted by Gasteiger charge is 2.26. The van der Waals surface area contributed by atoms with Crippen molar-refractivity contribution in [2.24, 2.45) is 5.92 Å². The maximum absolute atomic E-state index is 10.7. The first kappa shape index (κ1) is 14.8. The van der Waals surface area contributed by atoms with E-state index in [0.717, 1.165) is 19.0 Å². The fourth-order valence-corrected chi connectivity index (χ4v) is 3.79. The molecule has 1 saturated heterocycles. The summed E-state index contributed by atoms with van der Waals surface area (Å²) in [5, 5.41) is 8.81. The molecule has 1 atom stereocenters. The molecule has 110 valence electrons. The quantitative estimate of drug-likeness (QED) is 0.844. The van der Waals surface area contributed by atoms with E-state index in [0.29, 0.717) is 12.3 Å². The van der Waals surface area contributed by atoms with Crippen LogP contribution in [0, 0.1) is 5.92 Å². The van der Waals surface area contributed by atoms with Gasteiger partial charge < -0.3 is 10.0 Å². The van der Waals surface area contributed by atoms with Gasteiger partial charge in [0.15, 0.2) is 0 Å². The van der Waals surface area contributed by atoms with Gasteiger partial charge in [-0.05, 0) is 44.6 Å². The first-order valence-electron chi connectivity index (χ1n) is 8.21. The molecule has 0 bridgehead atoms. The summed E-state index contributed by atoms with van der Waals surface area (Å²) < 4.78 is 0. The summed E-state index contributed by atoms with van der Waals surface area (Å²) in [5.41, 5.74) is 0. The Kier molecular flexibility index (Phi) is 6.15. The molecule has 0 aromatic carbocycles. The molecule has 2 fully saturated rings. The predicted octanol–water partition coefficient (Wildman–Crippen LogP) is 3.68. The Morgan fingerprint density at radius 1 is 1.00 bits per heavy atom. The number of carboxylic acid groups (broad SMARTS) is 1. The molecule has 1 aliphatic carbocycles. The highest BCUT2D eigenvalue weighted by Crippen LogP contribution is 2.27. The summed E-state index contributed by atoms with van der Waals surface area (Å²) in [6.07, 6.45) is 13.5. The molecule has 1 aliphatic heterocycles. The van der Waals surface area contributed by atoms with Crippen LogP contribution in [0.25, 0.3) is 0 Å². The fraction of sp³-hybridized carbons (Fsp3) is 0.938. The van der Waals surface area contributed by atoms with Crippen LogP contribution in [0.1, 0.15) is 70.6 Å². The van der Waals surface area contributed by atoms with Gasteiger partial charge >= 0.3 is 5.97 Å². The van der Waals surface area contributed by atoms with Gasteiger partial charge in [-0.2, -0.15) is 0 Å². The second kappa shape index (κ2) is 7.88. The Morgan fingerprint density at radius 3 is 2.37 bits per heavy atom. The molecule has 0 spiro atoms. The van der Waals surface area contributed by atoms with Crippen molar-refractivity contribution in [3.05, 3.63) is 0 Å². The maximum Gasteiger partial charge on any atom is 0.303 e. The highest BCUT2D eigenvalue weighted by molar-refractivity contribution is 5.66. The van der Waals surface area contributed by atoms with E-state index in [-0.39, 0.29) is 0 Å². The summed E-state index contributed by atoms with van der Waals surface area (Å²) in [6.45, 7) is 2.40. The van der Waals surface area contributed by atoms with Crippen molar-refractivity contribution in [2.45, 2.75) is 76.7 Å². The number of likely N-dealkylation sites (tertiary alicyclic amines) is 1. The van der Waals surface area contributed by atoms with Crippen molar-refractivity contribution in [3.63, 3.8) is 0 Å². The van der Waals surface area contributed by atoms with E-state index in [2.05, 4.69) is 4.90 Å². The van der Waals surface area contributed by atoms with E-state index in [1.165, 1.54) is 64.3 Å². The van der Waals surface area contributed by atoms with E-state index >= 15 is 0 Å². The number of hydrogen-bond acceptors (Lipinski definition) is 2. The van der Waals surface area contributed by atoms with Gasteiger partial charge in [0.1, 0.15) is 0 Å². The Bertz CT molecular complexity index is 272. The van der Waals surface area contributed by atoms with Crippen molar-refractivity contribution < 1.29 is 9.90 Å². The number of nitrogens with zero attached hydrogens (tertiary/aromatic N) is 1. The lowest BCUT2D eigenvalue weighted by atomic mass is 9.89. The van der Waals surface area contributed by atoms with Gasteiger partial charge in [-0.3, -0.25) is 4.79 Å². The van der Waals surface area contributed by atoms with E-state index in [9.17, 15) is 4.79 Å². The second-order valence-corrected chi connectivity index (χ2v) is 6.43.